The maximum absolute atomic E-state index is 13.7. The number of aromatic nitrogens is 4. The summed E-state index contributed by atoms with van der Waals surface area (Å²) in [6, 6.07) is 7.41. The van der Waals surface area contributed by atoms with Crippen molar-refractivity contribution in [1.29, 1.82) is 0 Å². The quantitative estimate of drug-likeness (QED) is 0.666. The van der Waals surface area contributed by atoms with E-state index in [4.69, 9.17) is 10.5 Å². The highest BCUT2D eigenvalue weighted by Gasteiger charge is 2.26. The van der Waals surface area contributed by atoms with E-state index in [1.807, 2.05) is 24.8 Å². The number of halogens is 2. The smallest absolute Gasteiger partial charge is 0.248 e. The van der Waals surface area contributed by atoms with Crippen LogP contribution in [0.3, 0.4) is 0 Å². The zero-order chi connectivity index (χ0) is 22.1. The molecule has 1 atom stereocenters. The molecule has 1 amide bonds. The van der Waals surface area contributed by atoms with Crippen LogP contribution in [0.2, 0.25) is 0 Å². The minimum atomic E-state index is -0.926. The van der Waals surface area contributed by atoms with Gasteiger partial charge in [-0.15, -0.1) is 0 Å². The number of primary amides is 1. The molecule has 0 spiro atoms. The van der Waals surface area contributed by atoms with Gasteiger partial charge >= 0.3 is 0 Å². The second-order valence-corrected chi connectivity index (χ2v) is 7.47. The summed E-state index contributed by atoms with van der Waals surface area (Å²) in [5, 5.41) is 4.48. The molecule has 31 heavy (non-hydrogen) atoms. The number of morpholine rings is 1. The first-order chi connectivity index (χ1) is 14.8. The molecular formula is C21H22F2N6O2. The van der Waals surface area contributed by atoms with Gasteiger partial charge in [-0.2, -0.15) is 5.10 Å². The SMILES string of the molecule is Cc1cc(C)n(-c2cc(N3CCOC(C(N)=O)C3)nc(Cc3ccc(F)c(F)c3)n2)n1. The molecule has 2 N–H and O–H groups in total. The zero-order valence-electron chi connectivity index (χ0n) is 17.2. The maximum Gasteiger partial charge on any atom is 0.248 e. The summed E-state index contributed by atoms with van der Waals surface area (Å²) >= 11 is 0. The number of amides is 1. The molecule has 4 rings (SSSR count). The van der Waals surface area contributed by atoms with Crippen LogP contribution in [0.5, 0.6) is 0 Å². The van der Waals surface area contributed by atoms with Crippen LogP contribution in [0.25, 0.3) is 5.82 Å². The van der Waals surface area contributed by atoms with Gasteiger partial charge in [0.25, 0.3) is 0 Å². The highest BCUT2D eigenvalue weighted by atomic mass is 19.2. The first kappa shape index (κ1) is 20.9. The molecule has 10 heteroatoms. The van der Waals surface area contributed by atoms with Crippen LogP contribution in [0.4, 0.5) is 14.6 Å². The van der Waals surface area contributed by atoms with Gasteiger partial charge in [0.2, 0.25) is 5.91 Å². The summed E-state index contributed by atoms with van der Waals surface area (Å²) < 4.78 is 34.1. The van der Waals surface area contributed by atoms with Gasteiger partial charge in [0, 0.05) is 24.7 Å². The fourth-order valence-electron chi connectivity index (χ4n) is 3.54. The Morgan fingerprint density at radius 1 is 1.16 bits per heavy atom. The zero-order valence-corrected chi connectivity index (χ0v) is 17.2. The third-order valence-corrected chi connectivity index (χ3v) is 5.03. The van der Waals surface area contributed by atoms with Crippen LogP contribution in [-0.4, -0.2) is 51.5 Å². The summed E-state index contributed by atoms with van der Waals surface area (Å²) in [7, 11) is 0. The molecule has 0 radical (unpaired) electrons. The van der Waals surface area contributed by atoms with Gasteiger partial charge in [-0.1, -0.05) is 6.07 Å². The number of rotatable bonds is 5. The number of benzene rings is 1. The number of ether oxygens (including phenoxy) is 1. The van der Waals surface area contributed by atoms with Crippen molar-refractivity contribution < 1.29 is 18.3 Å². The second-order valence-electron chi connectivity index (χ2n) is 7.47. The van der Waals surface area contributed by atoms with Crippen molar-refractivity contribution >= 4 is 11.7 Å². The van der Waals surface area contributed by atoms with Crippen molar-refractivity contribution in [2.45, 2.75) is 26.4 Å². The highest BCUT2D eigenvalue weighted by Crippen LogP contribution is 2.21. The molecule has 0 bridgehead atoms. The van der Waals surface area contributed by atoms with Crippen LogP contribution in [0.15, 0.2) is 30.3 Å². The third kappa shape index (κ3) is 4.53. The number of hydrogen-bond acceptors (Lipinski definition) is 6. The van der Waals surface area contributed by atoms with Crippen molar-refractivity contribution in [3.63, 3.8) is 0 Å². The van der Waals surface area contributed by atoms with E-state index in [-0.39, 0.29) is 13.0 Å². The third-order valence-electron chi connectivity index (χ3n) is 5.03. The summed E-state index contributed by atoms with van der Waals surface area (Å²) in [4.78, 5) is 22.7. The molecule has 1 aromatic carbocycles. The van der Waals surface area contributed by atoms with E-state index >= 15 is 0 Å². The number of carbonyl (C=O) groups is 1. The first-order valence-electron chi connectivity index (χ1n) is 9.81. The Bertz CT molecular complexity index is 1130. The lowest BCUT2D eigenvalue weighted by Gasteiger charge is -2.32. The molecule has 3 aromatic rings. The van der Waals surface area contributed by atoms with E-state index in [2.05, 4.69) is 15.1 Å². The van der Waals surface area contributed by atoms with Gasteiger partial charge in [-0.05, 0) is 37.6 Å². The molecule has 162 valence electrons. The van der Waals surface area contributed by atoms with Gasteiger partial charge in [-0.3, -0.25) is 4.79 Å². The van der Waals surface area contributed by atoms with E-state index in [9.17, 15) is 13.6 Å². The van der Waals surface area contributed by atoms with E-state index in [0.717, 1.165) is 23.5 Å². The number of nitrogens with zero attached hydrogens (tertiary/aromatic N) is 5. The molecule has 2 aromatic heterocycles. The van der Waals surface area contributed by atoms with Crippen LogP contribution in [0, 0.1) is 25.5 Å². The molecule has 1 aliphatic rings. The molecule has 0 aliphatic carbocycles. The normalized spacial score (nSPS) is 16.5. The molecule has 1 saturated heterocycles. The Hall–Kier alpha value is -3.40. The number of aryl methyl sites for hydroxylation is 2. The minimum Gasteiger partial charge on any atom is -0.367 e. The van der Waals surface area contributed by atoms with Gasteiger partial charge in [0.05, 0.1) is 18.8 Å². The maximum atomic E-state index is 13.7. The van der Waals surface area contributed by atoms with Gasteiger partial charge in [0.1, 0.15) is 11.6 Å². The first-order valence-corrected chi connectivity index (χ1v) is 9.81. The summed E-state index contributed by atoms with van der Waals surface area (Å²) in [6.45, 7) is 4.89. The van der Waals surface area contributed by atoms with E-state index in [1.54, 1.807) is 10.7 Å². The Balaban J connectivity index is 1.74. The second kappa shape index (κ2) is 8.38. The number of carbonyl (C=O) groups excluding carboxylic acids is 1. The standard InChI is InChI=1S/C21H22F2N6O2/c1-12-7-13(2)29(27-12)20-10-19(28-5-6-31-17(11-28)21(24)30)25-18(26-20)9-14-3-4-15(22)16(23)8-14/h3-4,7-8,10,17H,5-6,9,11H2,1-2H3,(H2,24,30). The summed E-state index contributed by atoms with van der Waals surface area (Å²) in [6.07, 6.45) is -0.545. The van der Waals surface area contributed by atoms with Crippen LogP contribution in [-0.2, 0) is 16.0 Å². The fraction of sp³-hybridized carbons (Fsp3) is 0.333. The van der Waals surface area contributed by atoms with Gasteiger partial charge < -0.3 is 15.4 Å². The molecule has 3 heterocycles. The molecular weight excluding hydrogens is 406 g/mol. The van der Waals surface area contributed by atoms with Crippen molar-refractivity contribution in [2.75, 3.05) is 24.6 Å². The Labute approximate surface area is 177 Å². The van der Waals surface area contributed by atoms with Gasteiger partial charge in [-0.25, -0.2) is 23.4 Å². The number of anilines is 1. The molecule has 8 nitrogen and oxygen atoms in total. The molecule has 0 saturated carbocycles. The van der Waals surface area contributed by atoms with Crippen molar-refractivity contribution in [3.05, 3.63) is 64.7 Å². The molecule has 1 fully saturated rings. The predicted molar refractivity (Wildman–Crippen MR) is 109 cm³/mol. The average Bonchev–Trinajstić information content (AvgIpc) is 3.08. The Morgan fingerprint density at radius 2 is 1.94 bits per heavy atom. The number of nitrogens with two attached hydrogens (primary N) is 1. The average molecular weight is 428 g/mol. The van der Waals surface area contributed by atoms with E-state index in [0.29, 0.717) is 36.2 Å². The lowest BCUT2D eigenvalue weighted by molar-refractivity contribution is -0.130. The van der Waals surface area contributed by atoms with Crippen molar-refractivity contribution in [3.8, 4) is 5.82 Å². The van der Waals surface area contributed by atoms with E-state index in [1.165, 1.54) is 6.07 Å². The van der Waals surface area contributed by atoms with E-state index < -0.39 is 23.6 Å². The predicted octanol–water partition coefficient (Wildman–Crippen LogP) is 1.84. The fourth-order valence-corrected chi connectivity index (χ4v) is 3.54. The Morgan fingerprint density at radius 3 is 2.61 bits per heavy atom. The van der Waals surface area contributed by atoms with Gasteiger partial charge in [0.15, 0.2) is 23.6 Å². The minimum absolute atomic E-state index is 0.195. The summed E-state index contributed by atoms with van der Waals surface area (Å²) in [5.41, 5.74) is 7.66. The monoisotopic (exact) mass is 428 g/mol. The van der Waals surface area contributed by atoms with Crippen LogP contribution in [0.1, 0.15) is 22.8 Å². The van der Waals surface area contributed by atoms with Crippen LogP contribution < -0.4 is 10.6 Å². The lowest BCUT2D eigenvalue weighted by Crippen LogP contribution is -2.48. The van der Waals surface area contributed by atoms with Crippen molar-refractivity contribution in [2.24, 2.45) is 5.73 Å². The van der Waals surface area contributed by atoms with Crippen molar-refractivity contribution in [1.82, 2.24) is 19.7 Å². The topological polar surface area (TPSA) is 99.2 Å². The summed E-state index contributed by atoms with van der Waals surface area (Å²) in [5.74, 6) is -0.856. The largest absolute Gasteiger partial charge is 0.367 e. The lowest BCUT2D eigenvalue weighted by atomic mass is 10.1. The highest BCUT2D eigenvalue weighted by molar-refractivity contribution is 5.79. The number of hydrogen-bond donors (Lipinski definition) is 1. The molecule has 1 unspecified atom stereocenters. The van der Waals surface area contributed by atoms with Crippen LogP contribution >= 0.6 is 0 Å². The molecule has 1 aliphatic heterocycles. The Kier molecular flexibility index (Phi) is 5.64.